The summed E-state index contributed by atoms with van der Waals surface area (Å²) in [4.78, 5) is 10.9. The molecule has 0 amide bonds. The van der Waals surface area contributed by atoms with Crippen LogP contribution in [-0.4, -0.2) is 43.6 Å². The van der Waals surface area contributed by atoms with Crippen molar-refractivity contribution < 1.29 is 22.8 Å². The molecule has 0 spiro atoms. The second-order valence-corrected chi connectivity index (χ2v) is 10.7. The molecule has 0 aliphatic heterocycles. The van der Waals surface area contributed by atoms with Gasteiger partial charge in [0, 0.05) is 23.4 Å². The molecule has 1 aromatic heterocycles. The van der Waals surface area contributed by atoms with Gasteiger partial charge >= 0.3 is 0 Å². The molecule has 5 aromatic rings. The number of sulfonamides is 1. The summed E-state index contributed by atoms with van der Waals surface area (Å²) in [5.74, 6) is 0.997. The first-order valence-corrected chi connectivity index (χ1v) is 14.3. The Labute approximate surface area is 247 Å². The third-order valence-corrected chi connectivity index (χ3v) is 7.71. The number of hydrazone groups is 1. The van der Waals surface area contributed by atoms with E-state index in [0.29, 0.717) is 22.8 Å². The highest BCUT2D eigenvalue weighted by molar-refractivity contribution is 7.92. The molecule has 0 aliphatic rings. The Morgan fingerprint density at radius 2 is 1.63 bits per heavy atom. The molecule has 0 aliphatic carbocycles. The molecule has 43 heavy (non-hydrogen) atoms. The average Bonchev–Trinajstić information content (AvgIpc) is 3.45. The second kappa shape index (κ2) is 12.4. The molecule has 0 saturated heterocycles. The molecule has 0 radical (unpaired) electrons. The number of hydrogen-bond acceptors (Lipinski definition) is 9. The van der Waals surface area contributed by atoms with Crippen molar-refractivity contribution in [1.82, 2.24) is 9.78 Å². The van der Waals surface area contributed by atoms with Crippen LogP contribution in [0.5, 0.6) is 11.5 Å². The molecule has 0 unspecified atom stereocenters. The van der Waals surface area contributed by atoms with Crippen LogP contribution in [-0.2, 0) is 10.0 Å². The zero-order chi connectivity index (χ0) is 30.4. The summed E-state index contributed by atoms with van der Waals surface area (Å²) in [5.41, 5.74) is 5.28. The van der Waals surface area contributed by atoms with E-state index in [2.05, 4.69) is 15.2 Å². The number of hydrogen-bond donors (Lipinski definition) is 2. The summed E-state index contributed by atoms with van der Waals surface area (Å²) >= 11 is 0. The molecule has 0 saturated carbocycles. The summed E-state index contributed by atoms with van der Waals surface area (Å²) in [6.07, 6.45) is 3.28. The minimum Gasteiger partial charge on any atom is -0.497 e. The number of aromatic nitrogens is 2. The van der Waals surface area contributed by atoms with Crippen molar-refractivity contribution in [3.05, 3.63) is 119 Å². The lowest BCUT2D eigenvalue weighted by atomic mass is 10.1. The van der Waals surface area contributed by atoms with Crippen molar-refractivity contribution in [1.29, 1.82) is 0 Å². The number of ether oxygens (including phenoxy) is 2. The zero-order valence-corrected chi connectivity index (χ0v) is 23.9. The van der Waals surface area contributed by atoms with Crippen molar-refractivity contribution in [3.63, 3.8) is 0 Å². The lowest BCUT2D eigenvalue weighted by molar-refractivity contribution is -0.384. The fourth-order valence-corrected chi connectivity index (χ4v) is 5.29. The molecule has 5 rings (SSSR count). The Kier molecular flexibility index (Phi) is 8.34. The van der Waals surface area contributed by atoms with Gasteiger partial charge in [0.25, 0.3) is 15.7 Å². The highest BCUT2D eigenvalue weighted by Crippen LogP contribution is 2.31. The molecule has 13 heteroatoms. The minimum atomic E-state index is -4.17. The van der Waals surface area contributed by atoms with Crippen LogP contribution in [0.25, 0.3) is 16.9 Å². The van der Waals surface area contributed by atoms with Gasteiger partial charge in [-0.1, -0.05) is 30.3 Å². The van der Waals surface area contributed by atoms with Gasteiger partial charge < -0.3 is 9.47 Å². The van der Waals surface area contributed by atoms with Crippen molar-refractivity contribution in [3.8, 4) is 28.4 Å². The van der Waals surface area contributed by atoms with Crippen LogP contribution in [0.2, 0.25) is 0 Å². The third-order valence-electron chi connectivity index (χ3n) is 6.34. The van der Waals surface area contributed by atoms with E-state index in [9.17, 15) is 18.5 Å². The maximum absolute atomic E-state index is 13.0. The summed E-state index contributed by atoms with van der Waals surface area (Å²) in [6, 6.07) is 26.8. The van der Waals surface area contributed by atoms with Crippen LogP contribution in [0.4, 0.5) is 17.1 Å². The average molecular weight is 599 g/mol. The molecular weight excluding hydrogens is 572 g/mol. The van der Waals surface area contributed by atoms with Gasteiger partial charge in [-0.2, -0.15) is 10.2 Å². The Hall–Kier alpha value is -5.69. The van der Waals surface area contributed by atoms with E-state index in [-0.39, 0.29) is 16.3 Å². The van der Waals surface area contributed by atoms with Crippen molar-refractivity contribution >= 4 is 33.3 Å². The maximum atomic E-state index is 13.0. The lowest BCUT2D eigenvalue weighted by Crippen LogP contribution is -2.14. The van der Waals surface area contributed by atoms with Gasteiger partial charge in [0.1, 0.15) is 22.9 Å². The third kappa shape index (κ3) is 6.47. The predicted octanol–water partition coefficient (Wildman–Crippen LogP) is 5.71. The molecule has 0 atom stereocenters. The largest absolute Gasteiger partial charge is 0.497 e. The molecule has 218 valence electrons. The van der Waals surface area contributed by atoms with Crippen LogP contribution in [0.1, 0.15) is 5.56 Å². The second-order valence-electron chi connectivity index (χ2n) is 9.05. The number of benzene rings is 4. The molecule has 1 heterocycles. The Bertz CT molecular complexity index is 1890. The van der Waals surface area contributed by atoms with Gasteiger partial charge in [0.15, 0.2) is 0 Å². The molecule has 2 N–H and O–H groups in total. The minimum absolute atomic E-state index is 0.000981. The monoisotopic (exact) mass is 598 g/mol. The van der Waals surface area contributed by atoms with Crippen molar-refractivity contribution in [2.45, 2.75) is 4.90 Å². The summed E-state index contributed by atoms with van der Waals surface area (Å²) in [7, 11) is -1.18. The van der Waals surface area contributed by atoms with Gasteiger partial charge in [-0.15, -0.1) is 0 Å². The topological polar surface area (TPSA) is 150 Å². The predicted molar refractivity (Wildman–Crippen MR) is 164 cm³/mol. The molecule has 0 bridgehead atoms. The number of nitro benzene ring substituents is 1. The lowest BCUT2D eigenvalue weighted by Gasteiger charge is -2.12. The summed E-state index contributed by atoms with van der Waals surface area (Å²) < 4.78 is 40.6. The Morgan fingerprint density at radius 3 is 2.33 bits per heavy atom. The number of rotatable bonds is 11. The van der Waals surface area contributed by atoms with Crippen LogP contribution in [0.15, 0.2) is 113 Å². The highest BCUT2D eigenvalue weighted by Gasteiger charge is 2.22. The summed E-state index contributed by atoms with van der Waals surface area (Å²) in [5, 5.41) is 20.9. The first-order chi connectivity index (χ1) is 20.8. The first-order valence-electron chi connectivity index (χ1n) is 12.8. The van der Waals surface area contributed by atoms with E-state index in [1.165, 1.54) is 31.5 Å². The number of nitro groups is 1. The van der Waals surface area contributed by atoms with Crippen LogP contribution >= 0.6 is 0 Å². The SMILES string of the molecule is COc1ccc(-c2nn(-c3ccccc3)cc2C=NNc2ccc(S(=O)(=O)Nc3ccccc3OC)cc2[N+](=O)[O-])cc1. The summed E-state index contributed by atoms with van der Waals surface area (Å²) in [6.45, 7) is 0. The Morgan fingerprint density at radius 1 is 0.907 bits per heavy atom. The maximum Gasteiger partial charge on any atom is 0.295 e. The number of anilines is 2. The fraction of sp³-hybridized carbons (Fsp3) is 0.0667. The first kappa shape index (κ1) is 28.8. The smallest absolute Gasteiger partial charge is 0.295 e. The van der Waals surface area contributed by atoms with Gasteiger partial charge in [-0.05, 0) is 60.7 Å². The molecule has 0 fully saturated rings. The van der Waals surface area contributed by atoms with Gasteiger partial charge in [0.05, 0.1) is 41.6 Å². The number of para-hydroxylation sites is 3. The van der Waals surface area contributed by atoms with Crippen molar-refractivity contribution in [2.24, 2.45) is 5.10 Å². The standard InChI is InChI=1S/C30H26N6O6S/c1-41-24-14-12-21(13-15-24)30-22(20-35(33-30)23-8-4-3-5-9-23)19-31-32-26-17-16-25(18-28(26)36(37)38)43(39,40)34-27-10-6-7-11-29(27)42-2/h3-20,32,34H,1-2H3. The molecule has 12 nitrogen and oxygen atoms in total. The van der Waals surface area contributed by atoms with Gasteiger partial charge in [-0.3, -0.25) is 20.3 Å². The van der Waals surface area contributed by atoms with Crippen molar-refractivity contribution in [2.75, 3.05) is 24.4 Å². The van der Waals surface area contributed by atoms with Gasteiger partial charge in [-0.25, -0.2) is 13.1 Å². The zero-order valence-electron chi connectivity index (χ0n) is 23.0. The quantitative estimate of drug-likeness (QED) is 0.111. The fourth-order valence-electron chi connectivity index (χ4n) is 4.20. The van der Waals surface area contributed by atoms with E-state index in [1.807, 2.05) is 54.6 Å². The number of nitrogens with one attached hydrogen (secondary N) is 2. The Balaban J connectivity index is 1.44. The van der Waals surface area contributed by atoms with E-state index in [4.69, 9.17) is 14.6 Å². The number of methoxy groups -OCH3 is 2. The van der Waals surface area contributed by atoms with Crippen LogP contribution in [0, 0.1) is 10.1 Å². The normalized spacial score (nSPS) is 11.3. The van der Waals surface area contributed by atoms with Crippen LogP contribution < -0.4 is 19.6 Å². The molecular formula is C30H26N6O6S. The van der Waals surface area contributed by atoms with Crippen LogP contribution in [0.3, 0.4) is 0 Å². The highest BCUT2D eigenvalue weighted by atomic mass is 32.2. The number of nitrogens with zero attached hydrogens (tertiary/aromatic N) is 4. The van der Waals surface area contributed by atoms with E-state index in [1.54, 1.807) is 36.2 Å². The van der Waals surface area contributed by atoms with E-state index in [0.717, 1.165) is 17.3 Å². The van der Waals surface area contributed by atoms with E-state index >= 15 is 0 Å². The van der Waals surface area contributed by atoms with Gasteiger partial charge in [0.2, 0.25) is 0 Å². The van der Waals surface area contributed by atoms with E-state index < -0.39 is 20.6 Å². The molecule has 4 aromatic carbocycles.